The van der Waals surface area contributed by atoms with Crippen LogP contribution in [0.1, 0.15) is 30.6 Å². The molecular formula is C13H18BrNOS. The molecule has 17 heavy (non-hydrogen) atoms. The third-order valence-corrected chi connectivity index (χ3v) is 5.08. The first-order valence-corrected chi connectivity index (χ1v) is 8.17. The number of amides is 1. The molecule has 2 nitrogen and oxygen atoms in total. The minimum atomic E-state index is 0.172. The summed E-state index contributed by atoms with van der Waals surface area (Å²) in [6.45, 7) is 0. The van der Waals surface area contributed by atoms with Gasteiger partial charge in [0.2, 0.25) is 5.91 Å². The Morgan fingerprint density at radius 3 is 3.00 bits per heavy atom. The fourth-order valence-electron chi connectivity index (χ4n) is 2.41. The first-order chi connectivity index (χ1) is 8.29. The van der Waals surface area contributed by atoms with Gasteiger partial charge < -0.3 is 5.32 Å². The molecule has 0 bridgehead atoms. The van der Waals surface area contributed by atoms with E-state index in [2.05, 4.69) is 21.2 Å². The molecule has 1 aliphatic rings. The number of thiophene rings is 1. The van der Waals surface area contributed by atoms with Gasteiger partial charge in [0, 0.05) is 16.2 Å². The number of alkyl halides is 1. The van der Waals surface area contributed by atoms with Gasteiger partial charge in [-0.15, -0.1) is 11.3 Å². The molecule has 2 atom stereocenters. The van der Waals surface area contributed by atoms with Crippen LogP contribution < -0.4 is 5.32 Å². The van der Waals surface area contributed by atoms with E-state index in [1.54, 1.807) is 11.3 Å². The van der Waals surface area contributed by atoms with Crippen LogP contribution in [0.2, 0.25) is 0 Å². The molecular weight excluding hydrogens is 298 g/mol. The summed E-state index contributed by atoms with van der Waals surface area (Å²) >= 11 is 5.20. The van der Waals surface area contributed by atoms with Crippen LogP contribution in [0.3, 0.4) is 0 Å². The molecule has 1 aromatic heterocycles. The summed E-state index contributed by atoms with van der Waals surface area (Å²) in [7, 11) is 0. The van der Waals surface area contributed by atoms with Gasteiger partial charge in [-0.2, -0.15) is 0 Å². The average molecular weight is 316 g/mol. The van der Waals surface area contributed by atoms with E-state index in [-0.39, 0.29) is 5.91 Å². The van der Waals surface area contributed by atoms with Crippen molar-refractivity contribution >= 4 is 33.2 Å². The van der Waals surface area contributed by atoms with Crippen LogP contribution in [-0.2, 0) is 11.2 Å². The van der Waals surface area contributed by atoms with Gasteiger partial charge in [-0.05, 0) is 30.2 Å². The predicted molar refractivity (Wildman–Crippen MR) is 75.7 cm³/mol. The number of rotatable bonds is 4. The van der Waals surface area contributed by atoms with E-state index in [9.17, 15) is 4.79 Å². The third-order valence-electron chi connectivity index (χ3n) is 3.37. The summed E-state index contributed by atoms with van der Waals surface area (Å²) in [4.78, 5) is 13.1. The van der Waals surface area contributed by atoms with Gasteiger partial charge in [-0.1, -0.05) is 34.8 Å². The fraction of sp³-hybridized carbons (Fsp3) is 0.615. The van der Waals surface area contributed by atoms with Crippen LogP contribution in [0.5, 0.6) is 0 Å². The van der Waals surface area contributed by atoms with E-state index in [0.29, 0.717) is 18.4 Å². The number of halogens is 1. The molecule has 0 aromatic carbocycles. The molecule has 94 valence electrons. The molecule has 1 amide bonds. The van der Waals surface area contributed by atoms with Crippen LogP contribution in [0.15, 0.2) is 17.5 Å². The highest BCUT2D eigenvalue weighted by molar-refractivity contribution is 9.09. The summed E-state index contributed by atoms with van der Waals surface area (Å²) in [6, 6.07) is 4.39. The molecule has 1 N–H and O–H groups in total. The lowest BCUT2D eigenvalue weighted by Gasteiger charge is -2.30. The topological polar surface area (TPSA) is 29.1 Å². The van der Waals surface area contributed by atoms with Crippen molar-refractivity contribution in [3.63, 3.8) is 0 Å². The number of hydrogen-bond donors (Lipinski definition) is 1. The second kappa shape index (κ2) is 6.55. The average Bonchev–Trinajstić information content (AvgIpc) is 2.82. The van der Waals surface area contributed by atoms with Gasteiger partial charge in [0.1, 0.15) is 0 Å². The van der Waals surface area contributed by atoms with Gasteiger partial charge in [0.05, 0.1) is 6.42 Å². The highest BCUT2D eigenvalue weighted by Gasteiger charge is 2.25. The van der Waals surface area contributed by atoms with E-state index < -0.39 is 0 Å². The predicted octanol–water partition coefficient (Wildman–Crippen LogP) is 3.36. The lowest BCUT2D eigenvalue weighted by atomic mass is 9.86. The Labute approximate surface area is 115 Å². The Balaban J connectivity index is 1.84. The van der Waals surface area contributed by atoms with Crippen LogP contribution in [-0.4, -0.2) is 17.3 Å². The maximum atomic E-state index is 11.9. The van der Waals surface area contributed by atoms with Gasteiger partial charge in [0.25, 0.3) is 0 Å². The van der Waals surface area contributed by atoms with Crippen molar-refractivity contribution < 1.29 is 4.79 Å². The molecule has 1 saturated carbocycles. The Morgan fingerprint density at radius 1 is 1.47 bits per heavy atom. The highest BCUT2D eigenvalue weighted by atomic mass is 79.9. The second-order valence-corrected chi connectivity index (χ2v) is 6.31. The largest absolute Gasteiger partial charge is 0.353 e. The van der Waals surface area contributed by atoms with Crippen molar-refractivity contribution in [3.8, 4) is 0 Å². The Morgan fingerprint density at radius 2 is 2.29 bits per heavy atom. The molecule has 0 spiro atoms. The molecule has 1 heterocycles. The minimum absolute atomic E-state index is 0.172. The van der Waals surface area contributed by atoms with E-state index in [1.807, 2.05) is 17.5 Å². The van der Waals surface area contributed by atoms with Crippen molar-refractivity contribution in [3.05, 3.63) is 22.4 Å². The molecule has 0 aliphatic heterocycles. The monoisotopic (exact) mass is 315 g/mol. The van der Waals surface area contributed by atoms with Crippen molar-refractivity contribution in [2.75, 3.05) is 5.33 Å². The maximum Gasteiger partial charge on any atom is 0.225 e. The summed E-state index contributed by atoms with van der Waals surface area (Å²) in [6.07, 6.45) is 5.44. The zero-order valence-corrected chi connectivity index (χ0v) is 12.2. The molecule has 1 fully saturated rings. The molecule has 0 radical (unpaired) electrons. The normalized spacial score (nSPS) is 24.5. The van der Waals surface area contributed by atoms with E-state index in [1.165, 1.54) is 19.3 Å². The first-order valence-electron chi connectivity index (χ1n) is 6.17. The second-order valence-electron chi connectivity index (χ2n) is 4.63. The lowest BCUT2D eigenvalue weighted by Crippen LogP contribution is -2.43. The van der Waals surface area contributed by atoms with Crippen LogP contribution in [0.25, 0.3) is 0 Å². The number of carbonyl (C=O) groups is 1. The first kappa shape index (κ1) is 13.1. The van der Waals surface area contributed by atoms with Crippen molar-refractivity contribution in [2.45, 2.75) is 38.1 Å². The van der Waals surface area contributed by atoms with Crippen molar-refractivity contribution in [1.82, 2.24) is 5.32 Å². The fourth-order valence-corrected chi connectivity index (χ4v) is 3.89. The zero-order chi connectivity index (χ0) is 12.1. The number of hydrogen-bond acceptors (Lipinski definition) is 2. The summed E-state index contributed by atoms with van der Waals surface area (Å²) in [5.74, 6) is 0.779. The summed E-state index contributed by atoms with van der Waals surface area (Å²) in [5.41, 5.74) is 0. The molecule has 4 heteroatoms. The van der Waals surface area contributed by atoms with Crippen molar-refractivity contribution in [1.29, 1.82) is 0 Å². The van der Waals surface area contributed by atoms with Crippen molar-refractivity contribution in [2.24, 2.45) is 5.92 Å². The smallest absolute Gasteiger partial charge is 0.225 e. The third kappa shape index (κ3) is 3.81. The molecule has 0 saturated heterocycles. The van der Waals surface area contributed by atoms with E-state index in [4.69, 9.17) is 0 Å². The highest BCUT2D eigenvalue weighted by Crippen LogP contribution is 2.26. The van der Waals surface area contributed by atoms with Crippen LogP contribution in [0, 0.1) is 5.92 Å². The number of nitrogens with one attached hydrogen (secondary N) is 1. The summed E-state index contributed by atoms with van der Waals surface area (Å²) in [5, 5.41) is 6.21. The van der Waals surface area contributed by atoms with Crippen LogP contribution in [0.4, 0.5) is 0 Å². The lowest BCUT2D eigenvalue weighted by molar-refractivity contribution is -0.121. The standard InChI is InChI=1S/C13H18BrNOS/c14-9-10-4-1-2-6-12(10)15-13(16)8-11-5-3-7-17-11/h3,5,7,10,12H,1-2,4,6,8-9H2,(H,15,16). The zero-order valence-electron chi connectivity index (χ0n) is 9.82. The SMILES string of the molecule is O=C(Cc1cccs1)NC1CCCCC1CBr. The van der Waals surface area contributed by atoms with E-state index >= 15 is 0 Å². The van der Waals surface area contributed by atoms with Gasteiger partial charge >= 0.3 is 0 Å². The molecule has 1 aromatic rings. The van der Waals surface area contributed by atoms with E-state index in [0.717, 1.165) is 16.6 Å². The summed E-state index contributed by atoms with van der Waals surface area (Å²) < 4.78 is 0. The van der Waals surface area contributed by atoms with Gasteiger partial charge in [-0.3, -0.25) is 4.79 Å². The van der Waals surface area contributed by atoms with Crippen LogP contribution >= 0.6 is 27.3 Å². The number of carbonyl (C=O) groups excluding carboxylic acids is 1. The van der Waals surface area contributed by atoms with Gasteiger partial charge in [-0.25, -0.2) is 0 Å². The maximum absolute atomic E-state index is 11.9. The molecule has 1 aliphatic carbocycles. The quantitative estimate of drug-likeness (QED) is 0.848. The Hall–Kier alpha value is -0.350. The Bertz CT molecular complexity index is 352. The Kier molecular flexibility index (Phi) is 5.04. The molecule has 2 unspecified atom stereocenters. The minimum Gasteiger partial charge on any atom is -0.353 e. The van der Waals surface area contributed by atoms with Gasteiger partial charge in [0.15, 0.2) is 0 Å². The molecule has 2 rings (SSSR count).